The molecule has 0 aliphatic rings. The minimum absolute atomic E-state index is 0.255. The molecule has 9 heteroatoms. The van der Waals surface area contributed by atoms with Gasteiger partial charge in [-0.15, -0.1) is 0 Å². The quantitative estimate of drug-likeness (QED) is 0.362. The molecule has 2 N–H and O–H groups in total. The summed E-state index contributed by atoms with van der Waals surface area (Å²) < 4.78 is 21.3. The SMILES string of the molecule is COc1cc(/C=C/C(=O)CC(=O)/C=C/c2ccc(OC(=O)N(C)C)c(OC)c2)ccc1OCCN. The highest BCUT2D eigenvalue weighted by Gasteiger charge is 2.12. The third-order valence-electron chi connectivity index (χ3n) is 4.59. The largest absolute Gasteiger partial charge is 0.493 e. The maximum atomic E-state index is 12.2. The molecule has 1 amide bonds. The predicted octanol–water partition coefficient (Wildman–Crippen LogP) is 3.36. The number of carbonyl (C=O) groups is 3. The van der Waals surface area contributed by atoms with Gasteiger partial charge in [-0.05, 0) is 47.5 Å². The van der Waals surface area contributed by atoms with Crippen LogP contribution in [-0.2, 0) is 9.59 Å². The fourth-order valence-electron chi connectivity index (χ4n) is 2.80. The molecule has 35 heavy (non-hydrogen) atoms. The van der Waals surface area contributed by atoms with Crippen LogP contribution < -0.4 is 24.7 Å². The highest BCUT2D eigenvalue weighted by molar-refractivity contribution is 6.10. The lowest BCUT2D eigenvalue weighted by Crippen LogP contribution is -2.25. The Morgan fingerprint density at radius 3 is 1.83 bits per heavy atom. The van der Waals surface area contributed by atoms with Gasteiger partial charge in [-0.2, -0.15) is 0 Å². The Morgan fingerprint density at radius 1 is 0.829 bits per heavy atom. The molecule has 9 nitrogen and oxygen atoms in total. The number of hydrogen-bond donors (Lipinski definition) is 1. The molecule has 0 aliphatic carbocycles. The van der Waals surface area contributed by atoms with Gasteiger partial charge in [0, 0.05) is 20.6 Å². The Balaban J connectivity index is 1.98. The first-order valence-corrected chi connectivity index (χ1v) is 10.8. The van der Waals surface area contributed by atoms with E-state index in [0.717, 1.165) is 5.56 Å². The maximum Gasteiger partial charge on any atom is 0.414 e. The average molecular weight is 483 g/mol. The summed E-state index contributed by atoms with van der Waals surface area (Å²) in [5, 5.41) is 0. The smallest absolute Gasteiger partial charge is 0.414 e. The van der Waals surface area contributed by atoms with Gasteiger partial charge in [0.2, 0.25) is 0 Å². The van der Waals surface area contributed by atoms with Gasteiger partial charge < -0.3 is 29.6 Å². The Labute approximate surface area is 204 Å². The third kappa shape index (κ3) is 8.63. The van der Waals surface area contributed by atoms with E-state index in [1.807, 2.05) is 0 Å². The summed E-state index contributed by atoms with van der Waals surface area (Å²) in [6.07, 6.45) is 5.01. The number of nitrogens with two attached hydrogens (primary N) is 1. The van der Waals surface area contributed by atoms with Crippen LogP contribution in [0.25, 0.3) is 12.2 Å². The topological polar surface area (TPSA) is 117 Å². The molecule has 0 atom stereocenters. The van der Waals surface area contributed by atoms with Gasteiger partial charge in [-0.3, -0.25) is 9.59 Å². The normalized spacial score (nSPS) is 10.9. The summed E-state index contributed by atoms with van der Waals surface area (Å²) in [7, 11) is 6.11. The summed E-state index contributed by atoms with van der Waals surface area (Å²) >= 11 is 0. The predicted molar refractivity (Wildman–Crippen MR) is 133 cm³/mol. The zero-order valence-electron chi connectivity index (χ0n) is 20.3. The number of hydrogen-bond acceptors (Lipinski definition) is 8. The van der Waals surface area contributed by atoms with E-state index in [-0.39, 0.29) is 23.7 Å². The van der Waals surface area contributed by atoms with E-state index in [2.05, 4.69) is 0 Å². The molecule has 2 aromatic rings. The molecule has 0 heterocycles. The Bertz CT molecular complexity index is 1110. The number of nitrogens with zero attached hydrogens (tertiary/aromatic N) is 1. The zero-order chi connectivity index (χ0) is 25.8. The van der Waals surface area contributed by atoms with Crippen molar-refractivity contribution in [2.75, 3.05) is 41.5 Å². The van der Waals surface area contributed by atoms with Gasteiger partial charge in [0.15, 0.2) is 34.6 Å². The molecular formula is C26H30N2O7. The molecule has 0 aliphatic heterocycles. The summed E-state index contributed by atoms with van der Waals surface area (Å²) in [5.41, 5.74) is 6.81. The van der Waals surface area contributed by atoms with Crippen molar-refractivity contribution in [3.63, 3.8) is 0 Å². The molecule has 0 aromatic heterocycles. The van der Waals surface area contributed by atoms with Crippen LogP contribution in [0, 0.1) is 0 Å². The van der Waals surface area contributed by atoms with E-state index in [0.29, 0.717) is 36.0 Å². The molecular weight excluding hydrogens is 452 g/mol. The lowest BCUT2D eigenvalue weighted by atomic mass is 10.1. The van der Waals surface area contributed by atoms with Crippen LogP contribution in [0.15, 0.2) is 48.6 Å². The molecule has 0 radical (unpaired) electrons. The molecule has 0 spiro atoms. The van der Waals surface area contributed by atoms with Gasteiger partial charge in [-0.1, -0.05) is 24.3 Å². The van der Waals surface area contributed by atoms with Crippen molar-refractivity contribution in [3.8, 4) is 23.0 Å². The molecule has 2 rings (SSSR count). The molecule has 2 aromatic carbocycles. The van der Waals surface area contributed by atoms with E-state index in [4.69, 9.17) is 24.7 Å². The first kappa shape index (κ1) is 27.1. The molecule has 0 saturated heterocycles. The van der Waals surface area contributed by atoms with Crippen molar-refractivity contribution >= 4 is 29.8 Å². The Morgan fingerprint density at radius 2 is 1.34 bits per heavy atom. The van der Waals surface area contributed by atoms with Crippen molar-refractivity contribution < 1.29 is 33.3 Å². The van der Waals surface area contributed by atoms with Gasteiger partial charge in [0.05, 0.1) is 20.6 Å². The minimum Gasteiger partial charge on any atom is -0.493 e. The van der Waals surface area contributed by atoms with Crippen LogP contribution in [0.2, 0.25) is 0 Å². The summed E-state index contributed by atoms with van der Waals surface area (Å²) in [4.78, 5) is 37.5. The number of benzene rings is 2. The van der Waals surface area contributed by atoms with Crippen molar-refractivity contribution in [2.45, 2.75) is 6.42 Å². The van der Waals surface area contributed by atoms with Crippen molar-refractivity contribution in [1.29, 1.82) is 0 Å². The second-order valence-corrected chi connectivity index (χ2v) is 7.50. The van der Waals surface area contributed by atoms with Crippen LogP contribution in [-0.4, -0.2) is 64.0 Å². The maximum absolute atomic E-state index is 12.2. The molecule has 0 fully saturated rings. The molecule has 0 unspecified atom stereocenters. The van der Waals surface area contributed by atoms with Crippen LogP contribution in [0.3, 0.4) is 0 Å². The summed E-state index contributed by atoms with van der Waals surface area (Å²) in [6.45, 7) is 0.743. The van der Waals surface area contributed by atoms with Crippen LogP contribution in [0.1, 0.15) is 17.5 Å². The number of methoxy groups -OCH3 is 2. The van der Waals surface area contributed by atoms with Crippen LogP contribution in [0.4, 0.5) is 4.79 Å². The van der Waals surface area contributed by atoms with E-state index in [1.165, 1.54) is 31.3 Å². The lowest BCUT2D eigenvalue weighted by Gasteiger charge is -2.13. The standard InChI is InChI=1S/C26H30N2O7/c1-28(2)26(31)35-23-12-8-19(16-25(23)33-4)6-10-21(30)17-20(29)9-5-18-7-11-22(34-14-13-27)24(15-18)32-3/h5-12,15-16H,13-14,17,27H2,1-4H3/b9-5+,10-6+. The van der Waals surface area contributed by atoms with Crippen LogP contribution in [0.5, 0.6) is 23.0 Å². The number of allylic oxidation sites excluding steroid dienone is 2. The second kappa shape index (κ2) is 13.6. The second-order valence-electron chi connectivity index (χ2n) is 7.50. The Hall–Kier alpha value is -4.11. The van der Waals surface area contributed by atoms with E-state index < -0.39 is 6.09 Å². The summed E-state index contributed by atoms with van der Waals surface area (Å²) in [5.74, 6) is 0.969. The third-order valence-corrected chi connectivity index (χ3v) is 4.59. The highest BCUT2D eigenvalue weighted by Crippen LogP contribution is 2.29. The molecule has 0 bridgehead atoms. The first-order chi connectivity index (χ1) is 16.8. The lowest BCUT2D eigenvalue weighted by molar-refractivity contribution is -0.121. The molecule has 0 saturated carbocycles. The number of carbonyl (C=O) groups excluding carboxylic acids is 3. The summed E-state index contributed by atoms with van der Waals surface area (Å²) in [6, 6.07) is 10.1. The Kier molecular flexibility index (Phi) is 10.5. The van der Waals surface area contributed by atoms with Gasteiger partial charge in [0.1, 0.15) is 6.61 Å². The van der Waals surface area contributed by atoms with E-state index >= 15 is 0 Å². The van der Waals surface area contributed by atoms with Crippen molar-refractivity contribution in [2.24, 2.45) is 5.73 Å². The highest BCUT2D eigenvalue weighted by atomic mass is 16.6. The van der Waals surface area contributed by atoms with Gasteiger partial charge >= 0.3 is 6.09 Å². The number of amides is 1. The van der Waals surface area contributed by atoms with Gasteiger partial charge in [-0.25, -0.2) is 4.79 Å². The van der Waals surface area contributed by atoms with Crippen molar-refractivity contribution in [1.82, 2.24) is 4.90 Å². The van der Waals surface area contributed by atoms with Crippen LogP contribution >= 0.6 is 0 Å². The number of ketones is 2. The molecule has 186 valence electrons. The zero-order valence-corrected chi connectivity index (χ0v) is 20.3. The van der Waals surface area contributed by atoms with E-state index in [1.54, 1.807) is 62.6 Å². The fraction of sp³-hybridized carbons (Fsp3) is 0.269. The monoisotopic (exact) mass is 482 g/mol. The number of rotatable bonds is 12. The number of ether oxygens (including phenoxy) is 4. The average Bonchev–Trinajstić information content (AvgIpc) is 2.85. The van der Waals surface area contributed by atoms with Crippen molar-refractivity contribution in [3.05, 3.63) is 59.7 Å². The fourth-order valence-corrected chi connectivity index (χ4v) is 2.80. The van der Waals surface area contributed by atoms with Gasteiger partial charge in [0.25, 0.3) is 0 Å². The van der Waals surface area contributed by atoms with E-state index in [9.17, 15) is 14.4 Å². The minimum atomic E-state index is -0.539. The first-order valence-electron chi connectivity index (χ1n) is 10.8.